The quantitative estimate of drug-likeness (QED) is 0.388. The summed E-state index contributed by atoms with van der Waals surface area (Å²) in [5.41, 5.74) is 3.18. The van der Waals surface area contributed by atoms with Crippen LogP contribution in [0.5, 0.6) is 5.75 Å². The molecule has 7 nitrogen and oxygen atoms in total. The van der Waals surface area contributed by atoms with Crippen LogP contribution in [0.2, 0.25) is 0 Å². The first-order valence-corrected chi connectivity index (χ1v) is 11.4. The summed E-state index contributed by atoms with van der Waals surface area (Å²) in [5, 5.41) is 3.70. The number of hydrogen-bond acceptors (Lipinski definition) is 7. The number of pyridine rings is 1. The maximum absolute atomic E-state index is 12.7. The first-order chi connectivity index (χ1) is 16.2. The van der Waals surface area contributed by atoms with E-state index in [0.717, 1.165) is 33.4 Å². The maximum atomic E-state index is 12.7. The number of hydrogen-bond donors (Lipinski definition) is 1. The number of aromatic nitrogens is 3. The second kappa shape index (κ2) is 11.2. The van der Waals surface area contributed by atoms with E-state index in [4.69, 9.17) is 9.72 Å². The first-order valence-electron chi connectivity index (χ1n) is 10.6. The summed E-state index contributed by atoms with van der Waals surface area (Å²) < 4.78 is 9.85. The molecule has 0 aliphatic heterocycles. The molecular weight excluding hydrogens is 434 g/mol. The van der Waals surface area contributed by atoms with Crippen LogP contribution in [-0.4, -0.2) is 33.9 Å². The molecule has 0 saturated carbocycles. The average molecular weight is 460 g/mol. The van der Waals surface area contributed by atoms with E-state index < -0.39 is 0 Å². The van der Waals surface area contributed by atoms with E-state index in [1.807, 2.05) is 71.6 Å². The van der Waals surface area contributed by atoms with E-state index in [1.54, 1.807) is 19.5 Å². The molecular formula is C25H25N5O2S. The zero-order valence-electron chi connectivity index (χ0n) is 18.3. The molecule has 0 aliphatic carbocycles. The Morgan fingerprint density at radius 2 is 1.79 bits per heavy atom. The molecule has 2 aromatic heterocycles. The van der Waals surface area contributed by atoms with E-state index in [9.17, 15) is 4.79 Å². The highest BCUT2D eigenvalue weighted by atomic mass is 32.1. The predicted molar refractivity (Wildman–Crippen MR) is 129 cm³/mol. The van der Waals surface area contributed by atoms with Crippen molar-refractivity contribution < 1.29 is 9.53 Å². The Bertz CT molecular complexity index is 1170. The van der Waals surface area contributed by atoms with Crippen LogP contribution >= 0.6 is 11.5 Å². The third kappa shape index (κ3) is 6.60. The maximum Gasteiger partial charge on any atom is 0.239 e. The molecule has 0 bridgehead atoms. The van der Waals surface area contributed by atoms with Gasteiger partial charge in [-0.25, -0.2) is 4.98 Å². The molecule has 1 amide bonds. The van der Waals surface area contributed by atoms with Gasteiger partial charge in [0.05, 0.1) is 13.7 Å². The summed E-state index contributed by atoms with van der Waals surface area (Å²) in [6.07, 6.45) is 4.03. The van der Waals surface area contributed by atoms with Crippen molar-refractivity contribution in [1.82, 2.24) is 19.7 Å². The van der Waals surface area contributed by atoms with Crippen molar-refractivity contribution in [3.05, 3.63) is 102 Å². The molecule has 1 N–H and O–H groups in total. The average Bonchev–Trinajstić information content (AvgIpc) is 3.32. The van der Waals surface area contributed by atoms with E-state index in [0.29, 0.717) is 19.5 Å². The summed E-state index contributed by atoms with van der Waals surface area (Å²) >= 11 is 1.31. The highest BCUT2D eigenvalue weighted by Gasteiger charge is 2.17. The fourth-order valence-corrected chi connectivity index (χ4v) is 4.02. The van der Waals surface area contributed by atoms with Gasteiger partial charge in [-0.3, -0.25) is 9.78 Å². The Kier molecular flexibility index (Phi) is 7.60. The molecule has 168 valence electrons. The summed E-state index contributed by atoms with van der Waals surface area (Å²) in [6, 6.07) is 21.7. The Hall–Kier alpha value is -3.78. The standard InChI is InChI=1S/C25H25N5O2S/c1-32-22-9-5-8-21(14-22)15-23-28-25(33-29-23)30(17-20-6-3-2-4-7-20)18-24(31)27-16-19-10-12-26-13-11-19/h2-14H,15-18H2,1H3,(H,27,31). The number of benzene rings is 2. The van der Waals surface area contributed by atoms with Gasteiger partial charge in [0.2, 0.25) is 11.0 Å². The summed E-state index contributed by atoms with van der Waals surface area (Å²) in [7, 11) is 1.65. The van der Waals surface area contributed by atoms with Crippen LogP contribution in [0.25, 0.3) is 0 Å². The molecule has 0 fully saturated rings. The van der Waals surface area contributed by atoms with Crippen LogP contribution in [0.4, 0.5) is 5.13 Å². The van der Waals surface area contributed by atoms with Gasteiger partial charge in [-0.1, -0.05) is 42.5 Å². The molecule has 0 unspecified atom stereocenters. The van der Waals surface area contributed by atoms with Crippen LogP contribution < -0.4 is 15.0 Å². The van der Waals surface area contributed by atoms with Crippen molar-refractivity contribution in [3.63, 3.8) is 0 Å². The van der Waals surface area contributed by atoms with Crippen LogP contribution in [0.3, 0.4) is 0 Å². The fourth-order valence-electron chi connectivity index (χ4n) is 3.34. The number of amides is 1. The Morgan fingerprint density at radius 3 is 2.58 bits per heavy atom. The largest absolute Gasteiger partial charge is 0.497 e. The molecule has 4 aromatic rings. The van der Waals surface area contributed by atoms with Gasteiger partial charge in [0, 0.05) is 43.4 Å². The molecule has 0 aliphatic rings. The number of carbonyl (C=O) groups excluding carboxylic acids is 1. The molecule has 33 heavy (non-hydrogen) atoms. The summed E-state index contributed by atoms with van der Waals surface area (Å²) in [5.74, 6) is 1.45. The smallest absolute Gasteiger partial charge is 0.239 e. The van der Waals surface area contributed by atoms with Gasteiger partial charge in [-0.2, -0.15) is 4.37 Å². The summed E-state index contributed by atoms with van der Waals surface area (Å²) in [4.78, 5) is 23.4. The number of carbonyl (C=O) groups is 1. The van der Waals surface area contributed by atoms with Gasteiger partial charge in [0.1, 0.15) is 11.6 Å². The Morgan fingerprint density at radius 1 is 1.00 bits per heavy atom. The summed E-state index contributed by atoms with van der Waals surface area (Å²) in [6.45, 7) is 1.21. The molecule has 0 radical (unpaired) electrons. The first kappa shape index (κ1) is 22.4. The molecule has 2 aromatic carbocycles. The van der Waals surface area contributed by atoms with Crippen LogP contribution in [-0.2, 0) is 24.3 Å². The Labute approximate surface area is 197 Å². The van der Waals surface area contributed by atoms with E-state index in [-0.39, 0.29) is 12.5 Å². The minimum absolute atomic E-state index is 0.0766. The van der Waals surface area contributed by atoms with E-state index >= 15 is 0 Å². The number of nitrogens with zero attached hydrogens (tertiary/aromatic N) is 4. The van der Waals surface area contributed by atoms with Crippen molar-refractivity contribution in [2.45, 2.75) is 19.5 Å². The lowest BCUT2D eigenvalue weighted by Crippen LogP contribution is -2.36. The molecule has 2 heterocycles. The van der Waals surface area contributed by atoms with Crippen LogP contribution in [0.1, 0.15) is 22.5 Å². The third-order valence-electron chi connectivity index (χ3n) is 5.01. The lowest BCUT2D eigenvalue weighted by molar-refractivity contribution is -0.119. The van der Waals surface area contributed by atoms with Gasteiger partial charge in [0.15, 0.2) is 0 Å². The number of rotatable bonds is 10. The zero-order valence-corrected chi connectivity index (χ0v) is 19.2. The Balaban J connectivity index is 1.46. The number of ether oxygens (including phenoxy) is 1. The highest BCUT2D eigenvalue weighted by Crippen LogP contribution is 2.22. The van der Waals surface area contributed by atoms with Gasteiger partial charge in [-0.05, 0) is 41.0 Å². The zero-order chi connectivity index (χ0) is 22.9. The molecule has 0 atom stereocenters. The topological polar surface area (TPSA) is 80.2 Å². The minimum atomic E-state index is -0.0766. The highest BCUT2D eigenvalue weighted by molar-refractivity contribution is 7.09. The number of nitrogens with one attached hydrogen (secondary N) is 1. The van der Waals surface area contributed by atoms with Gasteiger partial charge < -0.3 is 15.0 Å². The molecule has 4 rings (SSSR count). The van der Waals surface area contributed by atoms with Crippen molar-refractivity contribution >= 4 is 22.6 Å². The molecule has 0 saturated heterocycles. The predicted octanol–water partition coefficient (Wildman–Crippen LogP) is 3.86. The van der Waals surface area contributed by atoms with Crippen molar-refractivity contribution in [3.8, 4) is 5.75 Å². The minimum Gasteiger partial charge on any atom is -0.497 e. The lowest BCUT2D eigenvalue weighted by Gasteiger charge is -2.21. The number of methoxy groups -OCH3 is 1. The van der Waals surface area contributed by atoms with Crippen LogP contribution in [0.15, 0.2) is 79.1 Å². The van der Waals surface area contributed by atoms with Gasteiger partial charge >= 0.3 is 0 Å². The van der Waals surface area contributed by atoms with E-state index in [1.165, 1.54) is 11.5 Å². The van der Waals surface area contributed by atoms with Gasteiger partial charge in [0.25, 0.3) is 0 Å². The van der Waals surface area contributed by atoms with Crippen molar-refractivity contribution in [2.24, 2.45) is 0 Å². The second-order valence-corrected chi connectivity index (χ2v) is 8.23. The molecule has 8 heteroatoms. The fraction of sp³-hybridized carbons (Fsp3) is 0.200. The van der Waals surface area contributed by atoms with E-state index in [2.05, 4.69) is 14.7 Å². The second-order valence-electron chi connectivity index (χ2n) is 7.50. The number of anilines is 1. The third-order valence-corrected chi connectivity index (χ3v) is 5.83. The molecule has 0 spiro atoms. The van der Waals surface area contributed by atoms with Crippen molar-refractivity contribution in [1.29, 1.82) is 0 Å². The normalized spacial score (nSPS) is 10.6. The van der Waals surface area contributed by atoms with Crippen molar-refractivity contribution in [2.75, 3.05) is 18.6 Å². The lowest BCUT2D eigenvalue weighted by atomic mass is 10.1. The monoisotopic (exact) mass is 459 g/mol. The SMILES string of the molecule is COc1cccc(Cc2nsc(N(CC(=O)NCc3ccncc3)Cc3ccccc3)n2)c1. The van der Waals surface area contributed by atoms with Gasteiger partial charge in [-0.15, -0.1) is 0 Å². The van der Waals surface area contributed by atoms with Crippen LogP contribution in [0, 0.1) is 0 Å².